The molecule has 0 radical (unpaired) electrons. The maximum Gasteiger partial charge on any atom is 0.0348 e. The topological polar surface area (TPSA) is 15.3 Å². The molecule has 14 heavy (non-hydrogen) atoms. The van der Waals surface area contributed by atoms with E-state index in [2.05, 4.69) is 24.1 Å². The minimum absolute atomic E-state index is 0.848. The molecular weight excluding hydrogens is 172 g/mol. The summed E-state index contributed by atoms with van der Waals surface area (Å²) in [5.41, 5.74) is 0. The van der Waals surface area contributed by atoms with E-state index in [4.69, 9.17) is 0 Å². The average Bonchev–Trinajstić information content (AvgIpc) is 2.58. The molecule has 2 rings (SSSR count). The van der Waals surface area contributed by atoms with E-state index in [1.807, 2.05) is 0 Å². The summed E-state index contributed by atoms with van der Waals surface area (Å²) < 4.78 is 0. The summed E-state index contributed by atoms with van der Waals surface area (Å²) in [6, 6.07) is 1.75. The van der Waals surface area contributed by atoms with Gasteiger partial charge in [-0.25, -0.2) is 0 Å². The Labute approximate surface area is 88.1 Å². The molecule has 0 spiro atoms. The van der Waals surface area contributed by atoms with Gasteiger partial charge in [-0.1, -0.05) is 20.3 Å². The lowest BCUT2D eigenvalue weighted by molar-refractivity contribution is 0.101. The Balaban J connectivity index is 1.86. The van der Waals surface area contributed by atoms with Gasteiger partial charge in [0.25, 0.3) is 0 Å². The predicted octanol–water partition coefficient (Wildman–Crippen LogP) is 1.86. The molecule has 0 amide bonds. The van der Waals surface area contributed by atoms with Crippen molar-refractivity contribution < 1.29 is 0 Å². The highest BCUT2D eigenvalue weighted by molar-refractivity contribution is 4.91. The second-order valence-corrected chi connectivity index (χ2v) is 4.88. The maximum atomic E-state index is 3.38. The fraction of sp³-hybridized carbons (Fsp3) is 1.00. The Bertz CT molecular complexity index is 177. The van der Waals surface area contributed by atoms with E-state index in [0.29, 0.717) is 0 Å². The van der Waals surface area contributed by atoms with Crippen LogP contribution in [-0.4, -0.2) is 36.6 Å². The first-order valence-electron chi connectivity index (χ1n) is 6.31. The second kappa shape index (κ2) is 4.63. The van der Waals surface area contributed by atoms with Gasteiger partial charge in [0.15, 0.2) is 0 Å². The summed E-state index contributed by atoms with van der Waals surface area (Å²) in [6.45, 7) is 8.35. The molecule has 1 aliphatic carbocycles. The van der Waals surface area contributed by atoms with Gasteiger partial charge in [0, 0.05) is 25.2 Å². The monoisotopic (exact) mass is 196 g/mol. The Hall–Kier alpha value is -0.0800. The van der Waals surface area contributed by atoms with Crippen molar-refractivity contribution in [1.29, 1.82) is 0 Å². The van der Waals surface area contributed by atoms with Crippen LogP contribution in [0.4, 0.5) is 0 Å². The largest absolute Gasteiger partial charge is 0.314 e. The van der Waals surface area contributed by atoms with Gasteiger partial charge in [0.05, 0.1) is 0 Å². The molecule has 1 N–H and O–H groups in total. The summed E-state index contributed by atoms with van der Waals surface area (Å²) in [5, 5.41) is 3.38. The van der Waals surface area contributed by atoms with E-state index in [1.165, 1.54) is 45.3 Å². The number of nitrogens with zero attached hydrogens (tertiary/aromatic N) is 1. The lowest BCUT2D eigenvalue weighted by Crippen LogP contribution is -2.59. The summed E-state index contributed by atoms with van der Waals surface area (Å²) in [4.78, 5) is 2.74. The van der Waals surface area contributed by atoms with Gasteiger partial charge in [-0.05, 0) is 31.7 Å². The molecule has 0 aromatic carbocycles. The van der Waals surface area contributed by atoms with E-state index in [9.17, 15) is 0 Å². The molecule has 0 bridgehead atoms. The minimum Gasteiger partial charge on any atom is -0.314 e. The molecule has 1 saturated carbocycles. The van der Waals surface area contributed by atoms with E-state index in [1.54, 1.807) is 0 Å². The van der Waals surface area contributed by atoms with Gasteiger partial charge < -0.3 is 5.32 Å². The zero-order valence-corrected chi connectivity index (χ0v) is 9.63. The molecule has 1 heterocycles. The van der Waals surface area contributed by atoms with Crippen LogP contribution in [0.25, 0.3) is 0 Å². The lowest BCUT2D eigenvalue weighted by Gasteiger charge is -2.41. The van der Waals surface area contributed by atoms with Crippen LogP contribution in [-0.2, 0) is 0 Å². The normalized spacial score (nSPS) is 33.6. The van der Waals surface area contributed by atoms with Crippen molar-refractivity contribution >= 4 is 0 Å². The van der Waals surface area contributed by atoms with Crippen LogP contribution in [0.2, 0.25) is 0 Å². The van der Waals surface area contributed by atoms with E-state index in [-0.39, 0.29) is 0 Å². The third-order valence-corrected chi connectivity index (χ3v) is 4.15. The van der Waals surface area contributed by atoms with E-state index >= 15 is 0 Å². The lowest BCUT2D eigenvalue weighted by atomic mass is 10.0. The maximum absolute atomic E-state index is 3.38. The second-order valence-electron chi connectivity index (χ2n) is 4.88. The number of likely N-dealkylation sites (N-methyl/N-ethyl adjacent to an activating group) is 1. The van der Waals surface area contributed by atoms with Crippen LogP contribution in [0.5, 0.6) is 0 Å². The summed E-state index contributed by atoms with van der Waals surface area (Å²) >= 11 is 0. The summed E-state index contributed by atoms with van der Waals surface area (Å²) in [5.74, 6) is 1.02. The average molecular weight is 196 g/mol. The fourth-order valence-electron chi connectivity index (χ4n) is 3.04. The number of hydrogen-bond acceptors (Lipinski definition) is 2. The highest BCUT2D eigenvalue weighted by Crippen LogP contribution is 2.32. The van der Waals surface area contributed by atoms with E-state index < -0.39 is 0 Å². The van der Waals surface area contributed by atoms with Gasteiger partial charge in [0.2, 0.25) is 0 Å². The van der Waals surface area contributed by atoms with Crippen molar-refractivity contribution in [2.24, 2.45) is 5.92 Å². The molecule has 0 aromatic heterocycles. The number of hydrogen-bond donors (Lipinski definition) is 1. The predicted molar refractivity (Wildman–Crippen MR) is 60.5 cm³/mol. The molecule has 2 atom stereocenters. The molecule has 2 aliphatic rings. The quantitative estimate of drug-likeness (QED) is 0.738. The van der Waals surface area contributed by atoms with Crippen LogP contribution in [0.3, 0.4) is 0 Å². The highest BCUT2D eigenvalue weighted by Gasteiger charge is 2.33. The Morgan fingerprint density at radius 3 is 2.36 bits per heavy atom. The fourth-order valence-corrected chi connectivity index (χ4v) is 3.04. The van der Waals surface area contributed by atoms with Crippen molar-refractivity contribution in [1.82, 2.24) is 10.2 Å². The Morgan fingerprint density at radius 1 is 1.14 bits per heavy atom. The van der Waals surface area contributed by atoms with E-state index in [0.717, 1.165) is 18.0 Å². The zero-order valence-electron chi connectivity index (χ0n) is 9.63. The molecular formula is C12H24N2. The molecule has 82 valence electrons. The van der Waals surface area contributed by atoms with Crippen LogP contribution in [0, 0.1) is 5.92 Å². The van der Waals surface area contributed by atoms with Gasteiger partial charge >= 0.3 is 0 Å². The number of rotatable bonds is 4. The first-order chi connectivity index (χ1) is 6.85. The third kappa shape index (κ3) is 1.96. The first kappa shape index (κ1) is 10.4. The Kier molecular flexibility index (Phi) is 3.45. The Morgan fingerprint density at radius 2 is 1.93 bits per heavy atom. The SMILES string of the molecule is CCC1CCC(N(CC)C2CNC2)C1. The van der Waals surface area contributed by atoms with Crippen molar-refractivity contribution in [3.05, 3.63) is 0 Å². The summed E-state index contributed by atoms with van der Waals surface area (Å²) in [7, 11) is 0. The van der Waals surface area contributed by atoms with Crippen LogP contribution in [0.15, 0.2) is 0 Å². The highest BCUT2D eigenvalue weighted by atomic mass is 15.3. The molecule has 1 saturated heterocycles. The van der Waals surface area contributed by atoms with Crippen molar-refractivity contribution in [2.45, 2.75) is 51.6 Å². The van der Waals surface area contributed by atoms with Crippen molar-refractivity contribution in [3.63, 3.8) is 0 Å². The minimum atomic E-state index is 0.848. The third-order valence-electron chi connectivity index (χ3n) is 4.15. The van der Waals surface area contributed by atoms with Gasteiger partial charge in [-0.2, -0.15) is 0 Å². The molecule has 1 aliphatic heterocycles. The number of nitrogens with one attached hydrogen (secondary N) is 1. The van der Waals surface area contributed by atoms with Crippen molar-refractivity contribution in [3.8, 4) is 0 Å². The molecule has 2 heteroatoms. The zero-order chi connectivity index (χ0) is 9.97. The molecule has 2 unspecified atom stereocenters. The van der Waals surface area contributed by atoms with Crippen LogP contribution < -0.4 is 5.32 Å². The first-order valence-corrected chi connectivity index (χ1v) is 6.31. The standard InChI is InChI=1S/C12H24N2/c1-3-10-5-6-11(7-10)14(4-2)12-8-13-9-12/h10-13H,3-9H2,1-2H3. The summed E-state index contributed by atoms with van der Waals surface area (Å²) in [6.07, 6.45) is 5.76. The molecule has 2 fully saturated rings. The smallest absolute Gasteiger partial charge is 0.0348 e. The van der Waals surface area contributed by atoms with Gasteiger partial charge in [-0.15, -0.1) is 0 Å². The van der Waals surface area contributed by atoms with Gasteiger partial charge in [-0.3, -0.25) is 4.90 Å². The van der Waals surface area contributed by atoms with Crippen LogP contribution >= 0.6 is 0 Å². The van der Waals surface area contributed by atoms with Gasteiger partial charge in [0.1, 0.15) is 0 Å². The molecule has 2 nitrogen and oxygen atoms in total. The van der Waals surface area contributed by atoms with Crippen LogP contribution in [0.1, 0.15) is 39.5 Å². The molecule has 0 aromatic rings. The van der Waals surface area contributed by atoms with Crippen molar-refractivity contribution in [2.75, 3.05) is 19.6 Å².